The molecule has 0 aliphatic carbocycles. The lowest BCUT2D eigenvalue weighted by atomic mass is 9.97. The highest BCUT2D eigenvalue weighted by atomic mass is 16.8. The van der Waals surface area contributed by atoms with E-state index < -0.39 is 37.0 Å². The summed E-state index contributed by atoms with van der Waals surface area (Å²) in [7, 11) is 3.22. The van der Waals surface area contributed by atoms with Crippen LogP contribution < -0.4 is 14.2 Å². The van der Waals surface area contributed by atoms with Gasteiger partial charge in [0.05, 0.1) is 27.4 Å². The fourth-order valence-electron chi connectivity index (χ4n) is 4.32. The number of aliphatic hydroxyl groups is 1. The van der Waals surface area contributed by atoms with Crippen LogP contribution in [0.2, 0.25) is 0 Å². The quantitative estimate of drug-likeness (QED) is 0.505. The molecule has 36 heavy (non-hydrogen) atoms. The molecule has 0 spiro atoms. The van der Waals surface area contributed by atoms with E-state index in [-0.39, 0.29) is 13.2 Å². The summed E-state index contributed by atoms with van der Waals surface area (Å²) in [5, 5.41) is 11.4. The van der Waals surface area contributed by atoms with E-state index in [9.17, 15) is 5.11 Å². The minimum Gasteiger partial charge on any atom is -0.497 e. The maximum atomic E-state index is 11.4. The molecule has 0 amide bonds. The van der Waals surface area contributed by atoms with Crippen molar-refractivity contribution in [3.8, 4) is 17.2 Å². The maximum absolute atomic E-state index is 11.4. The van der Waals surface area contributed by atoms with E-state index in [1.54, 1.807) is 38.5 Å². The molecule has 2 aliphatic heterocycles. The number of aliphatic hydroxyl groups excluding tert-OH is 1. The van der Waals surface area contributed by atoms with Crippen molar-refractivity contribution in [1.82, 2.24) is 0 Å². The van der Waals surface area contributed by atoms with Crippen LogP contribution in [0.1, 0.15) is 17.4 Å². The van der Waals surface area contributed by atoms with Crippen molar-refractivity contribution >= 4 is 0 Å². The number of rotatable bonds is 8. The highest BCUT2D eigenvalue weighted by Gasteiger charge is 2.51. The lowest BCUT2D eigenvalue weighted by Crippen LogP contribution is -2.63. The third-order valence-corrected chi connectivity index (χ3v) is 6.29. The minimum absolute atomic E-state index is 0.244. The standard InChI is InChI=1S/C28H30O8/c1-30-20-10-8-18(9-11-20)16-32-26-24(29)25-23(17-33-27(36-25)19-6-4-3-5-7-19)35-28(26)34-22-14-12-21(31-2)13-15-22/h3-15,23-29H,16-17H2,1-2H3/t23-,24+,25+,26-,27+,28-/m1/s1. The molecule has 0 radical (unpaired) electrons. The van der Waals surface area contributed by atoms with E-state index in [0.29, 0.717) is 11.5 Å². The Morgan fingerprint density at radius 2 is 1.44 bits per heavy atom. The van der Waals surface area contributed by atoms with Crippen LogP contribution in [0.3, 0.4) is 0 Å². The fourth-order valence-corrected chi connectivity index (χ4v) is 4.32. The number of benzene rings is 3. The highest BCUT2D eigenvalue weighted by molar-refractivity contribution is 5.31. The van der Waals surface area contributed by atoms with Gasteiger partial charge >= 0.3 is 0 Å². The molecule has 0 saturated carbocycles. The molecule has 5 rings (SSSR count). The van der Waals surface area contributed by atoms with E-state index in [1.807, 2.05) is 54.6 Å². The Hall–Kier alpha value is -3.14. The van der Waals surface area contributed by atoms with E-state index in [2.05, 4.69) is 0 Å². The molecule has 2 heterocycles. The largest absolute Gasteiger partial charge is 0.497 e. The predicted molar refractivity (Wildman–Crippen MR) is 130 cm³/mol. The van der Waals surface area contributed by atoms with Crippen LogP contribution in [-0.4, -0.2) is 56.6 Å². The van der Waals surface area contributed by atoms with Crippen LogP contribution in [0.5, 0.6) is 17.2 Å². The van der Waals surface area contributed by atoms with Crippen molar-refractivity contribution in [3.63, 3.8) is 0 Å². The molecule has 0 bridgehead atoms. The lowest BCUT2D eigenvalue weighted by molar-refractivity contribution is -0.355. The van der Waals surface area contributed by atoms with Gasteiger partial charge in [0.15, 0.2) is 6.29 Å². The van der Waals surface area contributed by atoms with Gasteiger partial charge in [-0.2, -0.15) is 0 Å². The van der Waals surface area contributed by atoms with E-state index in [4.69, 9.17) is 33.2 Å². The molecule has 190 valence electrons. The second kappa shape index (κ2) is 11.3. The smallest absolute Gasteiger partial charge is 0.229 e. The van der Waals surface area contributed by atoms with E-state index in [0.717, 1.165) is 16.9 Å². The van der Waals surface area contributed by atoms with Crippen molar-refractivity contribution < 1.29 is 38.3 Å². The summed E-state index contributed by atoms with van der Waals surface area (Å²) in [6, 6.07) is 24.3. The zero-order valence-electron chi connectivity index (χ0n) is 20.2. The first-order chi connectivity index (χ1) is 17.6. The molecule has 0 unspecified atom stereocenters. The lowest BCUT2D eigenvalue weighted by Gasteiger charge is -2.47. The van der Waals surface area contributed by atoms with Crippen molar-refractivity contribution in [2.24, 2.45) is 0 Å². The van der Waals surface area contributed by atoms with Gasteiger partial charge in [0.1, 0.15) is 41.7 Å². The minimum atomic E-state index is -1.01. The van der Waals surface area contributed by atoms with Gasteiger partial charge in [-0.25, -0.2) is 0 Å². The second-order valence-electron chi connectivity index (χ2n) is 8.63. The summed E-state index contributed by atoms with van der Waals surface area (Å²) in [6.45, 7) is 0.489. The number of hydrogen-bond acceptors (Lipinski definition) is 8. The van der Waals surface area contributed by atoms with Crippen molar-refractivity contribution in [3.05, 3.63) is 90.0 Å². The highest BCUT2D eigenvalue weighted by Crippen LogP contribution is 2.36. The van der Waals surface area contributed by atoms with Crippen molar-refractivity contribution in [1.29, 1.82) is 0 Å². The zero-order valence-corrected chi connectivity index (χ0v) is 20.2. The van der Waals surface area contributed by atoms with Crippen LogP contribution in [0.15, 0.2) is 78.9 Å². The Morgan fingerprint density at radius 3 is 2.11 bits per heavy atom. The molecular weight excluding hydrogens is 464 g/mol. The van der Waals surface area contributed by atoms with Gasteiger partial charge in [-0.15, -0.1) is 0 Å². The third kappa shape index (κ3) is 5.48. The predicted octanol–water partition coefficient (Wildman–Crippen LogP) is 3.87. The molecule has 2 saturated heterocycles. The van der Waals surface area contributed by atoms with E-state index in [1.165, 1.54) is 0 Å². The number of methoxy groups -OCH3 is 2. The molecule has 2 aliphatic rings. The molecule has 8 heteroatoms. The van der Waals surface area contributed by atoms with Crippen molar-refractivity contribution in [2.75, 3.05) is 20.8 Å². The van der Waals surface area contributed by atoms with Gasteiger partial charge in [0.2, 0.25) is 6.29 Å². The molecule has 0 aromatic heterocycles. The topological polar surface area (TPSA) is 84.8 Å². The summed E-state index contributed by atoms with van der Waals surface area (Å²) in [5.74, 6) is 2.02. The Morgan fingerprint density at radius 1 is 0.806 bits per heavy atom. The SMILES string of the molecule is COc1ccc(CO[C@H]2[C@H](Oc3ccc(OC)cc3)O[C@@H]3CO[C@H](c4ccccc4)O[C@@H]3[C@@H]2O)cc1. The normalized spacial score (nSPS) is 27.6. The Labute approximate surface area is 210 Å². The van der Waals surface area contributed by atoms with Crippen molar-refractivity contribution in [2.45, 2.75) is 43.6 Å². The van der Waals surface area contributed by atoms with Gasteiger partial charge in [-0.05, 0) is 42.0 Å². The number of fused-ring (bicyclic) bond motifs is 1. The van der Waals surface area contributed by atoms with Crippen LogP contribution in [0.25, 0.3) is 0 Å². The number of ether oxygens (including phenoxy) is 7. The fraction of sp³-hybridized carbons (Fsp3) is 0.357. The molecule has 8 nitrogen and oxygen atoms in total. The average molecular weight is 495 g/mol. The summed E-state index contributed by atoms with van der Waals surface area (Å²) in [5.41, 5.74) is 1.79. The molecule has 3 aromatic carbocycles. The summed E-state index contributed by atoms with van der Waals surface area (Å²) in [4.78, 5) is 0. The third-order valence-electron chi connectivity index (χ3n) is 6.29. The van der Waals surface area contributed by atoms with Crippen LogP contribution in [0, 0.1) is 0 Å². The van der Waals surface area contributed by atoms with Gasteiger partial charge in [-0.1, -0.05) is 42.5 Å². The Kier molecular flexibility index (Phi) is 7.69. The molecule has 3 aromatic rings. The Balaban J connectivity index is 1.34. The van der Waals surface area contributed by atoms with Gasteiger partial charge < -0.3 is 38.3 Å². The first-order valence-electron chi connectivity index (χ1n) is 11.9. The molecular formula is C28H30O8. The first kappa shape index (κ1) is 24.5. The van der Waals surface area contributed by atoms with Crippen LogP contribution >= 0.6 is 0 Å². The summed E-state index contributed by atoms with van der Waals surface area (Å²) in [6.07, 6.45) is -4.49. The van der Waals surface area contributed by atoms with E-state index >= 15 is 0 Å². The Bertz CT molecular complexity index is 1090. The van der Waals surface area contributed by atoms with Gasteiger partial charge in [-0.3, -0.25) is 0 Å². The van der Waals surface area contributed by atoms with Gasteiger partial charge in [0.25, 0.3) is 0 Å². The van der Waals surface area contributed by atoms with Gasteiger partial charge in [0, 0.05) is 5.56 Å². The summed E-state index contributed by atoms with van der Waals surface area (Å²) < 4.78 is 41.1. The molecule has 1 N–H and O–H groups in total. The summed E-state index contributed by atoms with van der Waals surface area (Å²) >= 11 is 0. The average Bonchev–Trinajstić information content (AvgIpc) is 2.94. The monoisotopic (exact) mass is 494 g/mol. The zero-order chi connectivity index (χ0) is 24.9. The molecule has 6 atom stereocenters. The second-order valence-corrected chi connectivity index (χ2v) is 8.63. The van der Waals surface area contributed by atoms with Crippen LogP contribution in [0.4, 0.5) is 0 Å². The first-order valence-corrected chi connectivity index (χ1v) is 11.9. The van der Waals surface area contributed by atoms with Crippen LogP contribution in [-0.2, 0) is 25.6 Å². The molecule has 2 fully saturated rings. The number of hydrogen-bond donors (Lipinski definition) is 1. The maximum Gasteiger partial charge on any atom is 0.229 e.